The number of carboxylic acids is 1. The molecule has 1 aromatic rings. The van der Waals surface area contributed by atoms with Crippen LogP contribution in [-0.2, 0) is 4.79 Å². The Kier molecular flexibility index (Phi) is 4.70. The van der Waals surface area contributed by atoms with E-state index >= 15 is 0 Å². The summed E-state index contributed by atoms with van der Waals surface area (Å²) < 4.78 is 25.8. The van der Waals surface area contributed by atoms with Crippen LogP contribution < -0.4 is 5.32 Å². The lowest BCUT2D eigenvalue weighted by Crippen LogP contribution is -2.35. The summed E-state index contributed by atoms with van der Waals surface area (Å²) in [6, 6.07) is 2.46. The van der Waals surface area contributed by atoms with E-state index in [1.54, 1.807) is 0 Å². The fourth-order valence-corrected chi connectivity index (χ4v) is 2.06. The highest BCUT2D eigenvalue weighted by atomic mass is 32.2. The van der Waals surface area contributed by atoms with E-state index < -0.39 is 23.6 Å². The molecule has 6 heteroatoms. The van der Waals surface area contributed by atoms with Crippen LogP contribution in [0, 0.1) is 11.6 Å². The van der Waals surface area contributed by atoms with Crippen molar-refractivity contribution < 1.29 is 18.7 Å². The molecule has 0 spiro atoms. The van der Waals surface area contributed by atoms with Gasteiger partial charge in [0.05, 0.1) is 0 Å². The van der Waals surface area contributed by atoms with E-state index in [1.807, 2.05) is 0 Å². The second-order valence-corrected chi connectivity index (χ2v) is 4.13. The molecule has 0 aliphatic heterocycles. The molecule has 3 nitrogen and oxygen atoms in total. The van der Waals surface area contributed by atoms with Crippen LogP contribution in [0.2, 0.25) is 0 Å². The summed E-state index contributed by atoms with van der Waals surface area (Å²) in [6.07, 6.45) is 0. The van der Waals surface area contributed by atoms with Crippen molar-refractivity contribution in [1.82, 2.24) is 5.32 Å². The van der Waals surface area contributed by atoms with E-state index in [-0.39, 0.29) is 10.6 Å². The van der Waals surface area contributed by atoms with Crippen molar-refractivity contribution in [2.24, 2.45) is 0 Å². The Morgan fingerprint density at radius 3 is 2.75 bits per heavy atom. The Balaban J connectivity index is 2.63. The molecule has 1 aromatic carbocycles. The molecule has 1 unspecified atom stereocenters. The molecule has 88 valence electrons. The molecular weight excluding hydrogens is 236 g/mol. The molecular formula is C10H11F2NO2S. The minimum absolute atomic E-state index is 0.175. The Morgan fingerprint density at radius 1 is 1.56 bits per heavy atom. The Bertz CT molecular complexity index is 387. The van der Waals surface area contributed by atoms with Gasteiger partial charge < -0.3 is 10.4 Å². The second kappa shape index (κ2) is 5.81. The maximum atomic E-state index is 13.2. The van der Waals surface area contributed by atoms with Crippen LogP contribution in [0.3, 0.4) is 0 Å². The van der Waals surface area contributed by atoms with Gasteiger partial charge in [0, 0.05) is 16.7 Å². The average Bonchev–Trinajstić information content (AvgIpc) is 2.21. The van der Waals surface area contributed by atoms with Gasteiger partial charge in [-0.1, -0.05) is 0 Å². The second-order valence-electron chi connectivity index (χ2n) is 3.07. The zero-order chi connectivity index (χ0) is 12.1. The number of rotatable bonds is 5. The van der Waals surface area contributed by atoms with Gasteiger partial charge >= 0.3 is 5.97 Å². The van der Waals surface area contributed by atoms with Crippen molar-refractivity contribution in [3.8, 4) is 0 Å². The SMILES string of the molecule is CNC(CSc1ccc(F)cc1F)C(=O)O. The molecule has 1 rings (SSSR count). The molecule has 0 saturated carbocycles. The predicted octanol–water partition coefficient (Wildman–Crippen LogP) is 1.73. The highest BCUT2D eigenvalue weighted by Crippen LogP contribution is 2.22. The third-order valence-electron chi connectivity index (χ3n) is 1.95. The number of aliphatic carboxylic acids is 1. The molecule has 1 atom stereocenters. The number of likely N-dealkylation sites (N-methyl/N-ethyl adjacent to an activating group) is 1. The molecule has 0 saturated heterocycles. The molecule has 0 aliphatic rings. The summed E-state index contributed by atoms with van der Waals surface area (Å²) in [5, 5.41) is 11.3. The molecule has 0 fully saturated rings. The Labute approximate surface area is 95.9 Å². The van der Waals surface area contributed by atoms with Crippen LogP contribution in [0.1, 0.15) is 0 Å². The van der Waals surface area contributed by atoms with Gasteiger partial charge in [0.2, 0.25) is 0 Å². The normalized spacial score (nSPS) is 12.4. The largest absolute Gasteiger partial charge is 0.480 e. The van der Waals surface area contributed by atoms with Crippen LogP contribution in [0.15, 0.2) is 23.1 Å². The van der Waals surface area contributed by atoms with Gasteiger partial charge in [-0.15, -0.1) is 11.8 Å². The van der Waals surface area contributed by atoms with E-state index in [0.29, 0.717) is 0 Å². The van der Waals surface area contributed by atoms with Gasteiger partial charge in [-0.3, -0.25) is 4.79 Å². The van der Waals surface area contributed by atoms with E-state index in [2.05, 4.69) is 5.32 Å². The first kappa shape index (κ1) is 12.9. The maximum absolute atomic E-state index is 13.2. The molecule has 0 aliphatic carbocycles. The van der Waals surface area contributed by atoms with Crippen molar-refractivity contribution in [2.45, 2.75) is 10.9 Å². The van der Waals surface area contributed by atoms with E-state index in [9.17, 15) is 13.6 Å². The van der Waals surface area contributed by atoms with E-state index in [0.717, 1.165) is 23.9 Å². The monoisotopic (exact) mass is 247 g/mol. The number of benzene rings is 1. The number of carbonyl (C=O) groups is 1. The first-order valence-electron chi connectivity index (χ1n) is 4.52. The quantitative estimate of drug-likeness (QED) is 0.778. The molecule has 0 amide bonds. The lowest BCUT2D eigenvalue weighted by Gasteiger charge is -2.10. The van der Waals surface area contributed by atoms with Gasteiger partial charge in [-0.25, -0.2) is 8.78 Å². The lowest BCUT2D eigenvalue weighted by atomic mass is 10.3. The van der Waals surface area contributed by atoms with E-state index in [1.165, 1.54) is 13.1 Å². The molecule has 0 bridgehead atoms. The van der Waals surface area contributed by atoms with E-state index in [4.69, 9.17) is 5.11 Å². The topological polar surface area (TPSA) is 49.3 Å². The molecule has 2 N–H and O–H groups in total. The summed E-state index contributed by atoms with van der Waals surface area (Å²) in [4.78, 5) is 10.9. The number of hydrogen-bond acceptors (Lipinski definition) is 3. The number of halogens is 2. The highest BCUT2D eigenvalue weighted by Gasteiger charge is 2.16. The first-order chi connectivity index (χ1) is 7.54. The molecule has 0 aromatic heterocycles. The highest BCUT2D eigenvalue weighted by molar-refractivity contribution is 7.99. The summed E-state index contributed by atoms with van der Waals surface area (Å²) in [7, 11) is 1.51. The zero-order valence-corrected chi connectivity index (χ0v) is 9.35. The lowest BCUT2D eigenvalue weighted by molar-refractivity contribution is -0.138. The Morgan fingerprint density at radius 2 is 2.25 bits per heavy atom. The fraction of sp³-hybridized carbons (Fsp3) is 0.300. The molecule has 16 heavy (non-hydrogen) atoms. The van der Waals surface area contributed by atoms with Crippen molar-refractivity contribution in [3.63, 3.8) is 0 Å². The van der Waals surface area contributed by atoms with Crippen LogP contribution in [0.5, 0.6) is 0 Å². The van der Waals surface area contributed by atoms with Crippen molar-refractivity contribution in [1.29, 1.82) is 0 Å². The number of nitrogens with one attached hydrogen (secondary N) is 1. The Hall–Kier alpha value is -1.14. The summed E-state index contributed by atoms with van der Waals surface area (Å²) in [5.74, 6) is -2.15. The van der Waals surface area contributed by atoms with Gasteiger partial charge in [0.1, 0.15) is 17.7 Å². The predicted molar refractivity (Wildman–Crippen MR) is 57.6 cm³/mol. The van der Waals surface area contributed by atoms with Crippen LogP contribution in [0.4, 0.5) is 8.78 Å². The smallest absolute Gasteiger partial charge is 0.321 e. The third kappa shape index (κ3) is 3.46. The van der Waals surface area contributed by atoms with Crippen molar-refractivity contribution in [3.05, 3.63) is 29.8 Å². The van der Waals surface area contributed by atoms with Crippen LogP contribution in [-0.4, -0.2) is 29.9 Å². The zero-order valence-electron chi connectivity index (χ0n) is 8.54. The minimum Gasteiger partial charge on any atom is -0.480 e. The van der Waals surface area contributed by atoms with Gasteiger partial charge in [0.15, 0.2) is 0 Å². The maximum Gasteiger partial charge on any atom is 0.321 e. The van der Waals surface area contributed by atoms with Gasteiger partial charge in [0.25, 0.3) is 0 Å². The average molecular weight is 247 g/mol. The molecule has 0 radical (unpaired) electrons. The number of thioether (sulfide) groups is 1. The van der Waals surface area contributed by atoms with Gasteiger partial charge in [-0.05, 0) is 19.2 Å². The number of hydrogen-bond donors (Lipinski definition) is 2. The minimum atomic E-state index is -1.00. The van der Waals surface area contributed by atoms with Crippen molar-refractivity contribution >= 4 is 17.7 Å². The molecule has 0 heterocycles. The van der Waals surface area contributed by atoms with Crippen LogP contribution >= 0.6 is 11.8 Å². The van der Waals surface area contributed by atoms with Crippen molar-refractivity contribution in [2.75, 3.05) is 12.8 Å². The summed E-state index contributed by atoms with van der Waals surface area (Å²) in [6.45, 7) is 0. The standard InChI is InChI=1S/C10H11F2NO2S/c1-13-8(10(14)15)5-16-9-3-2-6(11)4-7(9)12/h2-4,8,13H,5H2,1H3,(H,14,15). The summed E-state index contributed by atoms with van der Waals surface area (Å²) in [5.41, 5.74) is 0. The van der Waals surface area contributed by atoms with Gasteiger partial charge in [-0.2, -0.15) is 0 Å². The third-order valence-corrected chi connectivity index (χ3v) is 3.09. The summed E-state index contributed by atoms with van der Waals surface area (Å²) >= 11 is 1.03. The first-order valence-corrected chi connectivity index (χ1v) is 5.51. The number of carboxylic acid groups (broad SMARTS) is 1. The fourth-order valence-electron chi connectivity index (χ4n) is 1.04. The van der Waals surface area contributed by atoms with Crippen LogP contribution in [0.25, 0.3) is 0 Å².